The Labute approximate surface area is 74.6 Å². The van der Waals surface area contributed by atoms with Crippen LogP contribution in [0.25, 0.3) is 5.57 Å². The van der Waals surface area contributed by atoms with Gasteiger partial charge < -0.3 is 4.74 Å². The molecular weight excluding hydrogens is 171 g/mol. The van der Waals surface area contributed by atoms with E-state index in [1.54, 1.807) is 18.2 Å². The van der Waals surface area contributed by atoms with Gasteiger partial charge in [0, 0.05) is 0 Å². The Morgan fingerprint density at radius 2 is 1.92 bits per heavy atom. The molecule has 0 atom stereocenters. The van der Waals surface area contributed by atoms with Crippen molar-refractivity contribution in [2.75, 3.05) is 6.61 Å². The normalized spacial score (nSPS) is 15.5. The number of cyclic esters (lactones) is 1. The van der Waals surface area contributed by atoms with Gasteiger partial charge in [-0.3, -0.25) is 0 Å². The summed E-state index contributed by atoms with van der Waals surface area (Å²) in [6.45, 7) is 0.311. The van der Waals surface area contributed by atoms with Crippen LogP contribution in [0.5, 0.6) is 0 Å². The highest BCUT2D eigenvalue weighted by Gasteiger charge is 2.17. The van der Waals surface area contributed by atoms with E-state index in [1.807, 2.05) is 0 Å². The van der Waals surface area contributed by atoms with Crippen LogP contribution < -0.4 is 0 Å². The minimum Gasteiger partial charge on any atom is -0.458 e. The fourth-order valence-corrected chi connectivity index (χ4v) is 1.23. The third-order valence-electron chi connectivity index (χ3n) is 1.88. The van der Waals surface area contributed by atoms with Gasteiger partial charge in [0.05, 0.1) is 5.57 Å². The Kier molecular flexibility index (Phi) is 1.85. The fraction of sp³-hybridized carbons (Fsp3) is 0.100. The van der Waals surface area contributed by atoms with Gasteiger partial charge in [0.1, 0.15) is 12.4 Å². The molecule has 0 N–H and O–H groups in total. The van der Waals surface area contributed by atoms with Crippen molar-refractivity contribution < 1.29 is 13.9 Å². The summed E-state index contributed by atoms with van der Waals surface area (Å²) >= 11 is 0. The number of ether oxygens (including phenoxy) is 1. The highest BCUT2D eigenvalue weighted by atomic mass is 19.1. The minimum atomic E-state index is -0.341. The third-order valence-corrected chi connectivity index (χ3v) is 1.88. The van der Waals surface area contributed by atoms with E-state index in [2.05, 4.69) is 0 Å². The maximum Gasteiger partial charge on any atom is 0.338 e. The van der Waals surface area contributed by atoms with Crippen molar-refractivity contribution in [3.8, 4) is 0 Å². The molecule has 0 bridgehead atoms. The van der Waals surface area contributed by atoms with Crippen molar-refractivity contribution in [1.82, 2.24) is 0 Å². The molecule has 0 saturated carbocycles. The van der Waals surface area contributed by atoms with Gasteiger partial charge in [-0.05, 0) is 23.8 Å². The molecule has 1 heterocycles. The van der Waals surface area contributed by atoms with E-state index >= 15 is 0 Å². The predicted octanol–water partition coefficient (Wildman–Crippen LogP) is 1.77. The Morgan fingerprint density at radius 3 is 2.46 bits per heavy atom. The monoisotopic (exact) mass is 178 g/mol. The predicted molar refractivity (Wildman–Crippen MR) is 45.3 cm³/mol. The van der Waals surface area contributed by atoms with Crippen LogP contribution in [0.4, 0.5) is 4.39 Å². The van der Waals surface area contributed by atoms with E-state index in [0.29, 0.717) is 17.7 Å². The Hall–Kier alpha value is -1.64. The molecule has 0 aliphatic carbocycles. The zero-order chi connectivity index (χ0) is 9.26. The summed E-state index contributed by atoms with van der Waals surface area (Å²) in [6.07, 6.45) is 1.69. The van der Waals surface area contributed by atoms with Crippen LogP contribution in [-0.2, 0) is 9.53 Å². The zero-order valence-corrected chi connectivity index (χ0v) is 6.79. The molecule has 3 heteroatoms. The Morgan fingerprint density at radius 1 is 1.23 bits per heavy atom. The SMILES string of the molecule is O=C1OCC=C1c1ccc(F)cc1. The molecule has 0 fully saturated rings. The lowest BCUT2D eigenvalue weighted by Crippen LogP contribution is -1.98. The van der Waals surface area contributed by atoms with Crippen LogP contribution in [0.2, 0.25) is 0 Å². The average molecular weight is 178 g/mol. The summed E-state index contributed by atoms with van der Waals surface area (Å²) in [6, 6.07) is 5.77. The van der Waals surface area contributed by atoms with E-state index in [9.17, 15) is 9.18 Å². The molecule has 2 nitrogen and oxygen atoms in total. The Bertz CT molecular complexity index is 365. The van der Waals surface area contributed by atoms with Crippen molar-refractivity contribution in [2.45, 2.75) is 0 Å². The fourth-order valence-electron chi connectivity index (χ4n) is 1.23. The van der Waals surface area contributed by atoms with E-state index in [1.165, 1.54) is 12.1 Å². The van der Waals surface area contributed by atoms with E-state index < -0.39 is 0 Å². The molecule has 1 aromatic carbocycles. The van der Waals surface area contributed by atoms with Crippen LogP contribution in [0.1, 0.15) is 5.56 Å². The van der Waals surface area contributed by atoms with Gasteiger partial charge in [-0.1, -0.05) is 12.1 Å². The van der Waals surface area contributed by atoms with Crippen molar-refractivity contribution in [3.63, 3.8) is 0 Å². The topological polar surface area (TPSA) is 26.3 Å². The lowest BCUT2D eigenvalue weighted by atomic mass is 10.1. The number of carbonyl (C=O) groups is 1. The molecule has 0 aromatic heterocycles. The number of carbonyl (C=O) groups excluding carboxylic acids is 1. The second kappa shape index (κ2) is 3.01. The summed E-state index contributed by atoms with van der Waals surface area (Å²) in [5, 5.41) is 0. The molecule has 1 aliphatic heterocycles. The highest BCUT2D eigenvalue weighted by molar-refractivity contribution is 6.17. The highest BCUT2D eigenvalue weighted by Crippen LogP contribution is 2.20. The lowest BCUT2D eigenvalue weighted by Gasteiger charge is -1.98. The zero-order valence-electron chi connectivity index (χ0n) is 6.79. The van der Waals surface area contributed by atoms with Crippen LogP contribution in [-0.4, -0.2) is 12.6 Å². The van der Waals surface area contributed by atoms with Crippen molar-refractivity contribution in [1.29, 1.82) is 0 Å². The van der Waals surface area contributed by atoms with Gasteiger partial charge in [0.15, 0.2) is 0 Å². The van der Waals surface area contributed by atoms with Gasteiger partial charge in [-0.2, -0.15) is 0 Å². The first kappa shape index (κ1) is 7.98. The maximum atomic E-state index is 12.5. The number of hydrogen-bond acceptors (Lipinski definition) is 2. The molecule has 13 heavy (non-hydrogen) atoms. The first-order chi connectivity index (χ1) is 6.27. The van der Waals surface area contributed by atoms with Gasteiger partial charge in [-0.25, -0.2) is 9.18 Å². The molecule has 0 saturated heterocycles. The first-order valence-corrected chi connectivity index (χ1v) is 3.90. The van der Waals surface area contributed by atoms with Crippen LogP contribution in [0.3, 0.4) is 0 Å². The number of benzene rings is 1. The van der Waals surface area contributed by atoms with Crippen molar-refractivity contribution in [3.05, 3.63) is 41.7 Å². The van der Waals surface area contributed by atoms with Crippen LogP contribution in [0, 0.1) is 5.82 Å². The van der Waals surface area contributed by atoms with Gasteiger partial charge >= 0.3 is 5.97 Å². The molecular formula is C10H7FO2. The van der Waals surface area contributed by atoms with Crippen molar-refractivity contribution >= 4 is 11.5 Å². The van der Waals surface area contributed by atoms with E-state index in [0.717, 1.165) is 0 Å². The second-order valence-corrected chi connectivity index (χ2v) is 2.72. The Balaban J connectivity index is 2.36. The summed E-state index contributed by atoms with van der Waals surface area (Å²) in [5.74, 6) is -0.651. The molecule has 0 unspecified atom stereocenters. The molecule has 0 amide bonds. The van der Waals surface area contributed by atoms with Gasteiger partial charge in [0.25, 0.3) is 0 Å². The average Bonchev–Trinajstić information content (AvgIpc) is 2.53. The largest absolute Gasteiger partial charge is 0.458 e. The molecule has 66 valence electrons. The molecule has 1 aromatic rings. The number of rotatable bonds is 1. The standard InChI is InChI=1S/C10H7FO2/c11-8-3-1-7(2-4-8)9-5-6-13-10(9)12/h1-5H,6H2. The van der Waals surface area contributed by atoms with E-state index in [4.69, 9.17) is 4.74 Å². The number of esters is 1. The van der Waals surface area contributed by atoms with Gasteiger partial charge in [-0.15, -0.1) is 0 Å². The molecule has 2 rings (SSSR count). The maximum absolute atomic E-state index is 12.5. The van der Waals surface area contributed by atoms with Gasteiger partial charge in [0.2, 0.25) is 0 Å². The first-order valence-electron chi connectivity index (χ1n) is 3.90. The quantitative estimate of drug-likeness (QED) is 0.612. The summed E-state index contributed by atoms with van der Waals surface area (Å²) < 4.78 is 17.3. The number of hydrogen-bond donors (Lipinski definition) is 0. The van der Waals surface area contributed by atoms with Crippen molar-refractivity contribution in [2.24, 2.45) is 0 Å². The molecule has 0 spiro atoms. The third kappa shape index (κ3) is 1.45. The second-order valence-electron chi connectivity index (χ2n) is 2.72. The lowest BCUT2D eigenvalue weighted by molar-refractivity contribution is -0.133. The molecule has 1 aliphatic rings. The molecule has 0 radical (unpaired) electrons. The van der Waals surface area contributed by atoms with E-state index in [-0.39, 0.29) is 11.8 Å². The van der Waals surface area contributed by atoms with Crippen LogP contribution in [0.15, 0.2) is 30.3 Å². The summed E-state index contributed by atoms with van der Waals surface area (Å²) in [7, 11) is 0. The summed E-state index contributed by atoms with van der Waals surface area (Å²) in [5.41, 5.74) is 1.21. The summed E-state index contributed by atoms with van der Waals surface area (Å²) in [4.78, 5) is 11.1. The number of halogens is 1. The van der Waals surface area contributed by atoms with Crippen LogP contribution >= 0.6 is 0 Å². The minimum absolute atomic E-state index is 0.310. The smallest absolute Gasteiger partial charge is 0.338 e.